The van der Waals surface area contributed by atoms with E-state index in [1.54, 1.807) is 23.6 Å². The quantitative estimate of drug-likeness (QED) is 0.791. The molecular formula is C14H14N2O3S. The number of carbonyl (C=O) groups excluding carboxylic acids is 1. The van der Waals surface area contributed by atoms with Crippen molar-refractivity contribution in [3.8, 4) is 0 Å². The highest BCUT2D eigenvalue weighted by molar-refractivity contribution is 7.08. The molecule has 104 valence electrons. The Morgan fingerprint density at radius 2 is 1.95 bits per heavy atom. The molecule has 0 fully saturated rings. The maximum atomic E-state index is 11.9. The van der Waals surface area contributed by atoms with Crippen molar-refractivity contribution >= 4 is 29.0 Å². The highest BCUT2D eigenvalue weighted by Gasteiger charge is 2.17. The number of carbonyl (C=O) groups is 2. The summed E-state index contributed by atoms with van der Waals surface area (Å²) in [5.41, 5.74) is 1.45. The molecule has 0 spiro atoms. The van der Waals surface area contributed by atoms with Gasteiger partial charge < -0.3 is 15.7 Å². The predicted octanol–water partition coefficient (Wildman–Crippen LogP) is 3.09. The molecule has 0 aliphatic carbocycles. The van der Waals surface area contributed by atoms with Crippen LogP contribution in [0.2, 0.25) is 0 Å². The van der Waals surface area contributed by atoms with Crippen LogP contribution in [0.5, 0.6) is 0 Å². The molecule has 1 aromatic carbocycles. The monoisotopic (exact) mass is 290 g/mol. The second kappa shape index (κ2) is 6.72. The Kier molecular flexibility index (Phi) is 4.73. The highest BCUT2D eigenvalue weighted by Crippen LogP contribution is 2.17. The maximum absolute atomic E-state index is 11.9. The lowest BCUT2D eigenvalue weighted by molar-refractivity contribution is -0.137. The highest BCUT2D eigenvalue weighted by atomic mass is 32.1. The molecule has 20 heavy (non-hydrogen) atoms. The summed E-state index contributed by atoms with van der Waals surface area (Å²) in [6.07, 6.45) is -0.166. The van der Waals surface area contributed by atoms with Gasteiger partial charge in [0, 0.05) is 5.38 Å². The lowest BCUT2D eigenvalue weighted by atomic mass is 10.0. The van der Waals surface area contributed by atoms with Gasteiger partial charge in [-0.3, -0.25) is 4.79 Å². The zero-order valence-corrected chi connectivity index (χ0v) is 11.4. The van der Waals surface area contributed by atoms with E-state index in [0.29, 0.717) is 5.69 Å². The van der Waals surface area contributed by atoms with Crippen LogP contribution in [0.4, 0.5) is 10.5 Å². The van der Waals surface area contributed by atoms with E-state index in [9.17, 15) is 9.59 Å². The average Bonchev–Trinajstić information content (AvgIpc) is 2.91. The van der Waals surface area contributed by atoms with Gasteiger partial charge in [-0.2, -0.15) is 11.3 Å². The molecule has 6 heteroatoms. The number of benzene rings is 1. The van der Waals surface area contributed by atoms with Crippen LogP contribution < -0.4 is 10.6 Å². The van der Waals surface area contributed by atoms with E-state index < -0.39 is 18.0 Å². The van der Waals surface area contributed by atoms with Gasteiger partial charge in [0.2, 0.25) is 0 Å². The summed E-state index contributed by atoms with van der Waals surface area (Å²) in [4.78, 5) is 22.8. The molecule has 2 rings (SSSR count). The molecule has 3 N–H and O–H groups in total. The zero-order valence-electron chi connectivity index (χ0n) is 10.6. The van der Waals surface area contributed by atoms with E-state index in [0.717, 1.165) is 5.56 Å². The standard InChI is InChI=1S/C14H14N2O3S/c17-13(18)8-12(10-4-2-1-3-5-10)16-14(19)15-11-6-7-20-9-11/h1-7,9,12H,8H2,(H,17,18)(H2,15,16,19). The molecule has 1 aromatic heterocycles. The van der Waals surface area contributed by atoms with E-state index >= 15 is 0 Å². The number of aliphatic carboxylic acids is 1. The van der Waals surface area contributed by atoms with Crippen LogP contribution in [-0.2, 0) is 4.79 Å². The number of thiophene rings is 1. The fraction of sp³-hybridized carbons (Fsp3) is 0.143. The number of urea groups is 1. The number of nitrogens with one attached hydrogen (secondary N) is 2. The van der Waals surface area contributed by atoms with E-state index in [-0.39, 0.29) is 6.42 Å². The van der Waals surface area contributed by atoms with Gasteiger partial charge in [-0.1, -0.05) is 30.3 Å². The Balaban J connectivity index is 2.04. The smallest absolute Gasteiger partial charge is 0.319 e. The maximum Gasteiger partial charge on any atom is 0.319 e. The lowest BCUT2D eigenvalue weighted by Crippen LogP contribution is -2.33. The molecule has 0 saturated heterocycles. The Hall–Kier alpha value is -2.34. The van der Waals surface area contributed by atoms with Gasteiger partial charge in [0.15, 0.2) is 0 Å². The normalized spacial score (nSPS) is 11.6. The van der Waals surface area contributed by atoms with Crippen LogP contribution in [0.3, 0.4) is 0 Å². The van der Waals surface area contributed by atoms with E-state index in [4.69, 9.17) is 5.11 Å². The summed E-state index contributed by atoms with van der Waals surface area (Å²) in [5.74, 6) is -0.963. The third-order valence-corrected chi connectivity index (χ3v) is 3.35. The molecule has 2 aromatic rings. The molecule has 0 saturated carbocycles. The predicted molar refractivity (Wildman–Crippen MR) is 77.9 cm³/mol. The minimum atomic E-state index is -0.963. The number of carboxylic acid groups (broad SMARTS) is 1. The van der Waals surface area contributed by atoms with Gasteiger partial charge in [-0.15, -0.1) is 0 Å². The number of amides is 2. The minimum Gasteiger partial charge on any atom is -0.481 e. The average molecular weight is 290 g/mol. The SMILES string of the molecule is O=C(O)CC(NC(=O)Nc1ccsc1)c1ccccc1. The van der Waals surface area contributed by atoms with Crippen molar-refractivity contribution in [1.29, 1.82) is 0 Å². The summed E-state index contributed by atoms with van der Waals surface area (Å²) in [5, 5.41) is 17.9. The summed E-state index contributed by atoms with van der Waals surface area (Å²) in [7, 11) is 0. The van der Waals surface area contributed by atoms with E-state index in [1.807, 2.05) is 23.6 Å². The van der Waals surface area contributed by atoms with Crippen molar-refractivity contribution in [1.82, 2.24) is 5.32 Å². The van der Waals surface area contributed by atoms with Crippen molar-refractivity contribution < 1.29 is 14.7 Å². The first-order valence-corrected chi connectivity index (χ1v) is 6.96. The van der Waals surface area contributed by atoms with Crippen LogP contribution in [0, 0.1) is 0 Å². The molecular weight excluding hydrogens is 276 g/mol. The van der Waals surface area contributed by atoms with Crippen molar-refractivity contribution in [3.63, 3.8) is 0 Å². The van der Waals surface area contributed by atoms with Crippen LogP contribution in [0.25, 0.3) is 0 Å². The number of rotatable bonds is 5. The van der Waals surface area contributed by atoms with Crippen molar-refractivity contribution in [3.05, 3.63) is 52.7 Å². The molecule has 5 nitrogen and oxygen atoms in total. The van der Waals surface area contributed by atoms with Gasteiger partial charge in [0.25, 0.3) is 0 Å². The number of carboxylic acids is 1. The van der Waals surface area contributed by atoms with Gasteiger partial charge in [0.05, 0.1) is 18.2 Å². The molecule has 0 bridgehead atoms. The van der Waals surface area contributed by atoms with Crippen molar-refractivity contribution in [2.24, 2.45) is 0 Å². The topological polar surface area (TPSA) is 78.4 Å². The Morgan fingerprint density at radius 1 is 1.20 bits per heavy atom. The largest absolute Gasteiger partial charge is 0.481 e. The number of anilines is 1. The van der Waals surface area contributed by atoms with Crippen LogP contribution in [0.1, 0.15) is 18.0 Å². The first kappa shape index (κ1) is 14.1. The third kappa shape index (κ3) is 4.10. The Labute approximate surface area is 120 Å². The lowest BCUT2D eigenvalue weighted by Gasteiger charge is -2.17. The summed E-state index contributed by atoms with van der Waals surface area (Å²) in [6.45, 7) is 0. The van der Waals surface area contributed by atoms with Crippen molar-refractivity contribution in [2.75, 3.05) is 5.32 Å². The van der Waals surface area contributed by atoms with Crippen LogP contribution in [-0.4, -0.2) is 17.1 Å². The molecule has 0 radical (unpaired) electrons. The number of hydrogen-bond donors (Lipinski definition) is 3. The molecule has 1 heterocycles. The summed E-state index contributed by atoms with van der Waals surface area (Å²) in [6, 6.07) is 9.83. The fourth-order valence-electron chi connectivity index (χ4n) is 1.77. The first-order chi connectivity index (χ1) is 9.65. The Bertz CT molecular complexity index is 569. The first-order valence-electron chi connectivity index (χ1n) is 6.01. The Morgan fingerprint density at radius 3 is 2.55 bits per heavy atom. The molecule has 0 aliphatic heterocycles. The van der Waals surface area contributed by atoms with E-state index in [2.05, 4.69) is 10.6 Å². The van der Waals surface area contributed by atoms with Crippen LogP contribution in [0.15, 0.2) is 47.2 Å². The molecule has 1 atom stereocenters. The van der Waals surface area contributed by atoms with Crippen LogP contribution >= 0.6 is 11.3 Å². The van der Waals surface area contributed by atoms with Gasteiger partial charge in [0.1, 0.15) is 0 Å². The van der Waals surface area contributed by atoms with E-state index in [1.165, 1.54) is 11.3 Å². The minimum absolute atomic E-state index is 0.166. The van der Waals surface area contributed by atoms with Gasteiger partial charge in [-0.25, -0.2) is 4.79 Å². The zero-order chi connectivity index (χ0) is 14.4. The summed E-state index contributed by atoms with van der Waals surface area (Å²) >= 11 is 1.47. The molecule has 1 unspecified atom stereocenters. The molecule has 2 amide bonds. The molecule has 0 aliphatic rings. The second-order valence-electron chi connectivity index (χ2n) is 4.17. The van der Waals surface area contributed by atoms with Gasteiger partial charge >= 0.3 is 12.0 Å². The third-order valence-electron chi connectivity index (χ3n) is 2.67. The van der Waals surface area contributed by atoms with Gasteiger partial charge in [-0.05, 0) is 17.0 Å². The summed E-state index contributed by atoms with van der Waals surface area (Å²) < 4.78 is 0. The number of hydrogen-bond acceptors (Lipinski definition) is 3. The fourth-order valence-corrected chi connectivity index (χ4v) is 2.36. The van der Waals surface area contributed by atoms with Crippen molar-refractivity contribution in [2.45, 2.75) is 12.5 Å². The second-order valence-corrected chi connectivity index (χ2v) is 4.95.